The van der Waals surface area contributed by atoms with E-state index in [1.807, 2.05) is 0 Å². The number of esters is 1. The van der Waals surface area contributed by atoms with E-state index in [9.17, 15) is 86.5 Å². The van der Waals surface area contributed by atoms with Crippen molar-refractivity contribution in [3.8, 4) is 0 Å². The second kappa shape index (κ2) is 22.6. The molecule has 16 N–H and O–H groups in total. The Morgan fingerprint density at radius 2 is 0.667 bits per heavy atom. The number of ether oxygens (including phenoxy) is 10. The first-order valence-corrected chi connectivity index (χ1v) is 18.5. The molecule has 5 saturated heterocycles. The number of hydrogen-bond donors (Lipinski definition) is 16. The Bertz CT molecular complexity index is 1320. The Kier molecular flexibility index (Phi) is 19.6. The van der Waals surface area contributed by atoms with Crippen molar-refractivity contribution in [3.05, 3.63) is 0 Å². The summed E-state index contributed by atoms with van der Waals surface area (Å²) in [5, 5.41) is 167. The summed E-state index contributed by atoms with van der Waals surface area (Å²) in [5.74, 6) is -0.947. The molecule has 0 amide bonds. The molecule has 0 aromatic heterocycles. The number of rotatable bonds is 14. The second-order valence-electron chi connectivity index (χ2n) is 14.5. The van der Waals surface area contributed by atoms with Gasteiger partial charge in [0, 0.05) is 6.92 Å². The Morgan fingerprint density at radius 1 is 0.383 bits per heavy atom. The zero-order valence-corrected chi connectivity index (χ0v) is 31.1. The van der Waals surface area contributed by atoms with E-state index < -0.39 is 193 Å². The number of carbonyl (C=O) groups excluding carboxylic acids is 1. The van der Waals surface area contributed by atoms with Crippen molar-refractivity contribution >= 4 is 35.5 Å². The molecule has 5 heterocycles. The number of aliphatic hydroxyl groups excluding tert-OH is 16. The fraction of sp³-hybridized carbons (Fsp3) is 0.969. The molecule has 28 heteroatoms. The summed E-state index contributed by atoms with van der Waals surface area (Å²) in [7, 11) is 0. The summed E-state index contributed by atoms with van der Waals surface area (Å²) < 4.78 is 54.6. The normalized spacial score (nSPS) is 50.1. The summed E-state index contributed by atoms with van der Waals surface area (Å²) in [6.07, 6.45) is -46.0. The molecule has 5 aliphatic heterocycles. The summed E-state index contributed by atoms with van der Waals surface area (Å²) in [5.41, 5.74) is 0. The van der Waals surface area contributed by atoms with Gasteiger partial charge in [-0.15, -0.1) is 0 Å². The van der Waals surface area contributed by atoms with E-state index in [4.69, 9.17) is 47.4 Å². The molecule has 0 bridgehead atoms. The van der Waals surface area contributed by atoms with Crippen molar-refractivity contribution < 1.29 is 134 Å². The first kappa shape index (κ1) is 52.1. The Balaban J connectivity index is 0.00000794. The van der Waals surface area contributed by atoms with Gasteiger partial charge in [-0.05, 0) is 0 Å². The van der Waals surface area contributed by atoms with E-state index in [1.54, 1.807) is 0 Å². The van der Waals surface area contributed by atoms with Crippen LogP contribution in [0.4, 0.5) is 0 Å². The van der Waals surface area contributed by atoms with E-state index in [1.165, 1.54) is 0 Å². The molecule has 0 radical (unpaired) electrons. The molecule has 27 nitrogen and oxygen atoms in total. The van der Waals surface area contributed by atoms with Crippen LogP contribution in [0.3, 0.4) is 0 Å². The van der Waals surface area contributed by atoms with Gasteiger partial charge >= 0.3 is 35.5 Å². The average Bonchev–Trinajstić information content (AvgIpc) is 3.21. The predicted molar refractivity (Wildman–Crippen MR) is 183 cm³/mol. The van der Waals surface area contributed by atoms with Crippen LogP contribution in [-0.4, -0.2) is 304 Å². The van der Waals surface area contributed by atoms with Gasteiger partial charge in [-0.1, -0.05) is 0 Å². The molecule has 5 rings (SSSR count). The van der Waals surface area contributed by atoms with E-state index in [-0.39, 0.29) is 29.6 Å². The van der Waals surface area contributed by atoms with Gasteiger partial charge in [0.1, 0.15) is 116 Å². The maximum absolute atomic E-state index is 11.7. The van der Waals surface area contributed by atoms with E-state index in [0.29, 0.717) is 0 Å². The first-order valence-electron chi connectivity index (χ1n) is 18.5. The summed E-state index contributed by atoms with van der Waals surface area (Å²) in [6.45, 7) is -3.62. The van der Waals surface area contributed by atoms with Crippen molar-refractivity contribution in [1.82, 2.24) is 0 Å². The maximum atomic E-state index is 11.7. The van der Waals surface area contributed by atoms with Crippen molar-refractivity contribution in [3.63, 3.8) is 0 Å². The molecular formula is C32H55NaO27. The van der Waals surface area contributed by atoms with E-state index in [0.717, 1.165) is 6.92 Å². The summed E-state index contributed by atoms with van der Waals surface area (Å²) in [6, 6.07) is 0. The molecule has 0 spiro atoms. The van der Waals surface area contributed by atoms with Crippen molar-refractivity contribution in [1.29, 1.82) is 0 Å². The molecule has 0 aromatic rings. The minimum absolute atomic E-state index is 0. The SMILES string of the molecule is CC(=O)O[C@H]1[C@@H](O[C@H]2[C@H](O)[C@@H](O)[C@@H](O[C@H]3[C@H](O)[C@@H](O)[C@@H](O[C@H]4[C@H](O)[C@@H](O)[C@@H](O[C@H]5[C@H](O)[C@@H](O)[C@@H](O)O[C@@H]5CO)O[C@@H]4CO)O[C@@H]3CO)O[C@@H]2CO)O[C@H](CO)[C@@H](O)[C@@H]1O.[NaH]. The molecule has 5 aliphatic rings. The summed E-state index contributed by atoms with van der Waals surface area (Å²) in [4.78, 5) is 11.7. The minimum atomic E-state index is -2.13. The van der Waals surface area contributed by atoms with Crippen LogP contribution in [0.5, 0.6) is 0 Å². The third kappa shape index (κ3) is 10.9. The van der Waals surface area contributed by atoms with Crippen LogP contribution in [0.25, 0.3) is 0 Å². The zero-order valence-electron chi connectivity index (χ0n) is 31.1. The molecule has 60 heavy (non-hydrogen) atoms. The number of carbonyl (C=O) groups is 1. The third-order valence-electron chi connectivity index (χ3n) is 10.6. The van der Waals surface area contributed by atoms with E-state index >= 15 is 0 Å². The molecule has 0 aliphatic carbocycles. The third-order valence-corrected chi connectivity index (χ3v) is 10.6. The number of aliphatic hydroxyl groups is 16. The number of hydrogen-bond acceptors (Lipinski definition) is 27. The van der Waals surface area contributed by atoms with Crippen LogP contribution in [0.1, 0.15) is 6.92 Å². The molecule has 0 aromatic carbocycles. The van der Waals surface area contributed by atoms with Gasteiger partial charge in [0.05, 0.1) is 33.0 Å². The van der Waals surface area contributed by atoms with Gasteiger partial charge in [0.25, 0.3) is 0 Å². The van der Waals surface area contributed by atoms with Crippen molar-refractivity contribution in [2.45, 2.75) is 160 Å². The predicted octanol–water partition coefficient (Wildman–Crippen LogP) is -12.0. The van der Waals surface area contributed by atoms with Gasteiger partial charge < -0.3 is 129 Å². The second-order valence-corrected chi connectivity index (χ2v) is 14.5. The molecular weight excluding hydrogens is 839 g/mol. The molecule has 25 atom stereocenters. The van der Waals surface area contributed by atoms with Gasteiger partial charge in [-0.3, -0.25) is 4.79 Å². The van der Waals surface area contributed by atoms with Crippen LogP contribution >= 0.6 is 0 Å². The first-order chi connectivity index (χ1) is 27.9. The van der Waals surface area contributed by atoms with Gasteiger partial charge in [0.15, 0.2) is 37.6 Å². The van der Waals surface area contributed by atoms with Crippen molar-refractivity contribution in [2.24, 2.45) is 0 Å². The standard InChI is InChI=1S/C32H54O27.Na.H/c1-7(38)50-27-14(40)13(39)8(2-33)52-32(27)59-26-12(6-37)55-31(22(48)18(26)44)58-25-11(5-36)54-30(21(47)17(25)43)57-24-10(4-35)53-29(20(46)16(24)42)56-23-9(3-34)51-28(49)19(45)15(23)41;;/h8-37,39-49H,2-6H2,1H3;;/t8-,9-,10-,11-,12-,13-,14+,15-,16-,17-,18-,19-,20-,21-,22-,23-,24-,25-,26-,27-,28+,29-,30-,31-,32-;;/m1../s1. The zero-order chi connectivity index (χ0) is 43.6. The van der Waals surface area contributed by atoms with Crippen LogP contribution < -0.4 is 0 Å². The van der Waals surface area contributed by atoms with Crippen molar-refractivity contribution in [2.75, 3.05) is 33.0 Å². The molecule has 0 saturated carbocycles. The quantitative estimate of drug-likeness (QED) is 0.0568. The van der Waals surface area contributed by atoms with Crippen LogP contribution in [0.2, 0.25) is 0 Å². The summed E-state index contributed by atoms with van der Waals surface area (Å²) >= 11 is 0. The van der Waals surface area contributed by atoms with Gasteiger partial charge in [-0.25, -0.2) is 0 Å². The molecule has 0 unspecified atom stereocenters. The molecule has 346 valence electrons. The monoisotopic (exact) mass is 894 g/mol. The molecule has 5 fully saturated rings. The van der Waals surface area contributed by atoms with Gasteiger partial charge in [0.2, 0.25) is 0 Å². The fourth-order valence-electron chi connectivity index (χ4n) is 7.34. The van der Waals surface area contributed by atoms with Crippen LogP contribution in [0, 0.1) is 0 Å². The van der Waals surface area contributed by atoms with Crippen LogP contribution in [0.15, 0.2) is 0 Å². The fourth-order valence-corrected chi connectivity index (χ4v) is 7.34. The van der Waals surface area contributed by atoms with E-state index in [2.05, 4.69) is 0 Å². The van der Waals surface area contributed by atoms with Gasteiger partial charge in [-0.2, -0.15) is 0 Å². The van der Waals surface area contributed by atoms with Crippen LogP contribution in [-0.2, 0) is 52.2 Å². The average molecular weight is 895 g/mol. The Labute approximate surface area is 361 Å². The Morgan fingerprint density at radius 3 is 1.00 bits per heavy atom. The topological polar surface area (TPSA) is 433 Å². The Hall–Kier alpha value is -0.530.